The molecule has 0 heterocycles. The van der Waals surface area contributed by atoms with E-state index in [1.54, 1.807) is 0 Å². The molecule has 0 aromatic rings. The summed E-state index contributed by atoms with van der Waals surface area (Å²) in [6.07, 6.45) is 11.4. The number of terminal acetylenes is 1. The van der Waals surface area contributed by atoms with Crippen molar-refractivity contribution in [3.8, 4) is 12.3 Å². The second-order valence-electron chi connectivity index (χ2n) is 5.23. The van der Waals surface area contributed by atoms with Crippen LogP contribution in [0.2, 0.25) is 0 Å². The first-order valence-corrected chi connectivity index (χ1v) is 5.81. The van der Waals surface area contributed by atoms with Crippen molar-refractivity contribution in [3.05, 3.63) is 11.6 Å². The molecule has 0 bridgehead atoms. The minimum atomic E-state index is -0.496. The number of carbonyl (C=O) groups is 1. The van der Waals surface area contributed by atoms with Gasteiger partial charge in [-0.05, 0) is 52.0 Å². The molecular weight excluding hydrogens is 200 g/mol. The van der Waals surface area contributed by atoms with Gasteiger partial charge in [0.1, 0.15) is 0 Å². The SMILES string of the molecule is C#C[C@H](OC(=O)C(C)(C)C)C1=CCCCC1. The van der Waals surface area contributed by atoms with Gasteiger partial charge < -0.3 is 4.74 Å². The summed E-state index contributed by atoms with van der Waals surface area (Å²) in [6, 6.07) is 0. The second-order valence-corrected chi connectivity index (χ2v) is 5.23. The van der Waals surface area contributed by atoms with E-state index in [2.05, 4.69) is 12.0 Å². The minimum Gasteiger partial charge on any atom is -0.444 e. The van der Waals surface area contributed by atoms with Crippen molar-refractivity contribution in [1.82, 2.24) is 0 Å². The standard InChI is InChI=1S/C14H20O2/c1-5-12(11-9-7-6-8-10-11)16-13(15)14(2,3)4/h1,9,12H,6-8,10H2,2-4H3/t12-/m0/s1. The van der Waals surface area contributed by atoms with Crippen LogP contribution in [-0.4, -0.2) is 12.1 Å². The van der Waals surface area contributed by atoms with Crippen LogP contribution < -0.4 is 0 Å². The molecule has 16 heavy (non-hydrogen) atoms. The largest absolute Gasteiger partial charge is 0.444 e. The molecule has 1 rings (SSSR count). The number of hydrogen-bond acceptors (Lipinski definition) is 2. The summed E-state index contributed by atoms with van der Waals surface area (Å²) in [4.78, 5) is 11.7. The van der Waals surface area contributed by atoms with Gasteiger partial charge in [0.2, 0.25) is 0 Å². The molecule has 2 nitrogen and oxygen atoms in total. The maximum absolute atomic E-state index is 11.7. The van der Waals surface area contributed by atoms with Crippen LogP contribution in [-0.2, 0) is 9.53 Å². The van der Waals surface area contributed by atoms with Crippen LogP contribution in [0.25, 0.3) is 0 Å². The van der Waals surface area contributed by atoms with Gasteiger partial charge in [-0.2, -0.15) is 0 Å². The lowest BCUT2D eigenvalue weighted by Gasteiger charge is -2.23. The van der Waals surface area contributed by atoms with Crippen LogP contribution in [0.15, 0.2) is 11.6 Å². The fraction of sp³-hybridized carbons (Fsp3) is 0.643. The molecule has 2 heteroatoms. The molecule has 1 aliphatic carbocycles. The van der Waals surface area contributed by atoms with E-state index in [9.17, 15) is 4.79 Å². The van der Waals surface area contributed by atoms with Crippen LogP contribution in [0, 0.1) is 17.8 Å². The summed E-state index contributed by atoms with van der Waals surface area (Å²) >= 11 is 0. The molecule has 0 N–H and O–H groups in total. The molecule has 0 radical (unpaired) electrons. The molecule has 0 saturated heterocycles. The Kier molecular flexibility index (Phi) is 4.18. The minimum absolute atomic E-state index is 0.234. The first kappa shape index (κ1) is 12.8. The summed E-state index contributed by atoms with van der Waals surface area (Å²) in [5.74, 6) is 2.33. The van der Waals surface area contributed by atoms with Crippen molar-refractivity contribution >= 4 is 5.97 Å². The second kappa shape index (κ2) is 5.21. The number of esters is 1. The van der Waals surface area contributed by atoms with E-state index in [1.165, 1.54) is 6.42 Å². The molecule has 1 atom stereocenters. The van der Waals surface area contributed by atoms with Crippen LogP contribution in [0.4, 0.5) is 0 Å². The zero-order chi connectivity index (χ0) is 12.2. The highest BCUT2D eigenvalue weighted by Gasteiger charge is 2.27. The van der Waals surface area contributed by atoms with Gasteiger partial charge in [-0.25, -0.2) is 0 Å². The molecule has 0 spiro atoms. The zero-order valence-electron chi connectivity index (χ0n) is 10.4. The molecule has 0 unspecified atom stereocenters. The smallest absolute Gasteiger partial charge is 0.312 e. The van der Waals surface area contributed by atoms with Crippen molar-refractivity contribution in [3.63, 3.8) is 0 Å². The normalized spacial score (nSPS) is 18.2. The number of carbonyl (C=O) groups excluding carboxylic acids is 1. The van der Waals surface area contributed by atoms with Gasteiger partial charge in [0.25, 0.3) is 0 Å². The highest BCUT2D eigenvalue weighted by atomic mass is 16.5. The van der Waals surface area contributed by atoms with Gasteiger partial charge >= 0.3 is 5.97 Å². The maximum Gasteiger partial charge on any atom is 0.312 e. The Morgan fingerprint density at radius 1 is 1.50 bits per heavy atom. The van der Waals surface area contributed by atoms with E-state index in [0.29, 0.717) is 0 Å². The van der Waals surface area contributed by atoms with Gasteiger partial charge in [-0.1, -0.05) is 12.0 Å². The summed E-state index contributed by atoms with van der Waals surface area (Å²) in [6.45, 7) is 5.49. The average molecular weight is 220 g/mol. The Bertz CT molecular complexity index is 326. The number of allylic oxidation sites excluding steroid dienone is 1. The van der Waals surface area contributed by atoms with Crippen molar-refractivity contribution in [2.24, 2.45) is 5.41 Å². The Balaban J connectivity index is 2.66. The van der Waals surface area contributed by atoms with Gasteiger partial charge in [-0.15, -0.1) is 6.42 Å². The topological polar surface area (TPSA) is 26.3 Å². The first-order valence-electron chi connectivity index (χ1n) is 5.81. The third-order valence-electron chi connectivity index (χ3n) is 2.65. The summed E-state index contributed by atoms with van der Waals surface area (Å²) < 4.78 is 5.36. The van der Waals surface area contributed by atoms with Crippen molar-refractivity contribution in [1.29, 1.82) is 0 Å². The van der Waals surface area contributed by atoms with Crippen LogP contribution in [0.5, 0.6) is 0 Å². The van der Waals surface area contributed by atoms with E-state index in [-0.39, 0.29) is 5.97 Å². The number of ether oxygens (including phenoxy) is 1. The molecule has 88 valence electrons. The third kappa shape index (κ3) is 3.41. The van der Waals surface area contributed by atoms with E-state index in [4.69, 9.17) is 11.2 Å². The Labute approximate surface area is 98.1 Å². The van der Waals surface area contributed by atoms with Gasteiger partial charge in [0.15, 0.2) is 6.10 Å². The maximum atomic E-state index is 11.7. The predicted molar refractivity (Wildman–Crippen MR) is 64.7 cm³/mol. The fourth-order valence-electron chi connectivity index (χ4n) is 1.60. The lowest BCUT2D eigenvalue weighted by Crippen LogP contribution is -2.29. The van der Waals surface area contributed by atoms with E-state index < -0.39 is 11.5 Å². The third-order valence-corrected chi connectivity index (χ3v) is 2.65. The van der Waals surface area contributed by atoms with E-state index in [0.717, 1.165) is 24.8 Å². The first-order chi connectivity index (χ1) is 7.45. The molecule has 1 aliphatic rings. The van der Waals surface area contributed by atoms with Crippen molar-refractivity contribution in [2.45, 2.75) is 52.6 Å². The highest BCUT2D eigenvalue weighted by Crippen LogP contribution is 2.24. The zero-order valence-corrected chi connectivity index (χ0v) is 10.4. The van der Waals surface area contributed by atoms with E-state index in [1.807, 2.05) is 20.8 Å². The Morgan fingerprint density at radius 3 is 2.62 bits per heavy atom. The molecule has 0 aromatic carbocycles. The van der Waals surface area contributed by atoms with Crippen molar-refractivity contribution in [2.75, 3.05) is 0 Å². The van der Waals surface area contributed by atoms with E-state index >= 15 is 0 Å². The summed E-state index contributed by atoms with van der Waals surface area (Å²) in [5.41, 5.74) is 0.594. The van der Waals surface area contributed by atoms with Gasteiger partial charge in [0.05, 0.1) is 5.41 Å². The molecular formula is C14H20O2. The lowest BCUT2D eigenvalue weighted by atomic mass is 9.94. The fourth-order valence-corrected chi connectivity index (χ4v) is 1.60. The van der Waals surface area contributed by atoms with Gasteiger partial charge in [-0.3, -0.25) is 4.79 Å². The molecule has 0 amide bonds. The lowest BCUT2D eigenvalue weighted by molar-refractivity contribution is -0.154. The average Bonchev–Trinajstić information content (AvgIpc) is 2.25. The number of rotatable bonds is 2. The van der Waals surface area contributed by atoms with Gasteiger partial charge in [0, 0.05) is 0 Å². The van der Waals surface area contributed by atoms with Crippen LogP contribution in [0.3, 0.4) is 0 Å². The van der Waals surface area contributed by atoms with Crippen LogP contribution >= 0.6 is 0 Å². The van der Waals surface area contributed by atoms with Crippen LogP contribution in [0.1, 0.15) is 46.5 Å². The highest BCUT2D eigenvalue weighted by molar-refractivity contribution is 5.76. The monoisotopic (exact) mass is 220 g/mol. The van der Waals surface area contributed by atoms with Crippen molar-refractivity contribution < 1.29 is 9.53 Å². The summed E-state index contributed by atoms with van der Waals surface area (Å²) in [7, 11) is 0. The molecule has 0 fully saturated rings. The molecule has 0 aromatic heterocycles. The molecule has 0 aliphatic heterocycles. The Morgan fingerprint density at radius 2 is 2.19 bits per heavy atom. The predicted octanol–water partition coefficient (Wildman–Crippen LogP) is 3.08. The summed E-state index contributed by atoms with van der Waals surface area (Å²) in [5, 5.41) is 0. The number of hydrogen-bond donors (Lipinski definition) is 0. The molecule has 0 saturated carbocycles. The Hall–Kier alpha value is -1.23. The quantitative estimate of drug-likeness (QED) is 0.406.